The molecule has 1 saturated heterocycles. The Morgan fingerprint density at radius 2 is 1.97 bits per heavy atom. The highest BCUT2D eigenvalue weighted by atomic mass is 35.5. The van der Waals surface area contributed by atoms with Gasteiger partial charge in [-0.05, 0) is 80.4 Å². The van der Waals surface area contributed by atoms with E-state index in [1.54, 1.807) is 23.2 Å². The van der Waals surface area contributed by atoms with E-state index >= 15 is 0 Å². The summed E-state index contributed by atoms with van der Waals surface area (Å²) in [4.78, 5) is 22.9. The molecule has 7 atom stereocenters. The molecule has 1 amide bonds. The fraction of sp³-hybridized carbons (Fsp3) is 0.609. The number of aromatic nitrogens is 2. The van der Waals surface area contributed by atoms with Crippen molar-refractivity contribution >= 4 is 34.5 Å². The minimum Gasteiger partial charge on any atom is -0.465 e. The number of amides is 1. The predicted octanol–water partition coefficient (Wildman–Crippen LogP) is 4.00. The highest BCUT2D eigenvalue weighted by molar-refractivity contribution is 6.31. The van der Waals surface area contributed by atoms with Crippen LogP contribution in [-0.2, 0) is 0 Å². The van der Waals surface area contributed by atoms with Gasteiger partial charge < -0.3 is 20.4 Å². The van der Waals surface area contributed by atoms with Gasteiger partial charge in [0.2, 0.25) is 0 Å². The van der Waals surface area contributed by atoms with Crippen molar-refractivity contribution in [2.75, 3.05) is 11.9 Å². The second-order valence-corrected chi connectivity index (χ2v) is 10.6. The zero-order valence-corrected chi connectivity index (χ0v) is 18.0. The maximum absolute atomic E-state index is 12.1. The lowest BCUT2D eigenvalue weighted by molar-refractivity contribution is -0.162. The maximum Gasteiger partial charge on any atom is 0.407 e. The summed E-state index contributed by atoms with van der Waals surface area (Å²) in [6, 6.07) is 5.33. The normalized spacial score (nSPS) is 38.7. The number of carbonyl (C=O) groups is 1. The second kappa shape index (κ2) is 6.94. The largest absolute Gasteiger partial charge is 0.465 e. The van der Waals surface area contributed by atoms with E-state index < -0.39 is 11.7 Å². The van der Waals surface area contributed by atoms with Crippen LogP contribution in [-0.4, -0.2) is 55.4 Å². The van der Waals surface area contributed by atoms with Crippen molar-refractivity contribution in [1.29, 1.82) is 0 Å². The van der Waals surface area contributed by atoms with E-state index in [1.165, 1.54) is 0 Å². The molecule has 4 aliphatic carbocycles. The molecule has 7 rings (SSSR count). The van der Waals surface area contributed by atoms with Crippen molar-refractivity contribution in [1.82, 2.24) is 14.9 Å². The van der Waals surface area contributed by atoms with Gasteiger partial charge in [-0.3, -0.25) is 4.98 Å². The molecule has 4 bridgehead atoms. The van der Waals surface area contributed by atoms with Gasteiger partial charge >= 0.3 is 6.09 Å². The van der Waals surface area contributed by atoms with Gasteiger partial charge in [0.1, 0.15) is 5.82 Å². The van der Waals surface area contributed by atoms with E-state index in [9.17, 15) is 15.0 Å². The molecule has 1 aliphatic heterocycles. The third-order valence-corrected chi connectivity index (χ3v) is 8.48. The molecule has 0 spiro atoms. The van der Waals surface area contributed by atoms with Crippen LogP contribution >= 0.6 is 11.6 Å². The number of rotatable bonds is 3. The average Bonchev–Trinajstić information content (AvgIpc) is 3.10. The molecular formula is C23H27ClN4O3. The highest BCUT2D eigenvalue weighted by Gasteiger charge is 2.59. The Morgan fingerprint density at radius 1 is 1.19 bits per heavy atom. The lowest BCUT2D eigenvalue weighted by Crippen LogP contribution is -2.61. The van der Waals surface area contributed by atoms with Gasteiger partial charge in [-0.1, -0.05) is 11.6 Å². The van der Waals surface area contributed by atoms with Crippen molar-refractivity contribution in [3.63, 3.8) is 0 Å². The average molecular weight is 443 g/mol. The molecule has 1 aromatic carbocycles. The zero-order chi connectivity index (χ0) is 21.3. The standard InChI is InChI=1S/C23H27ClN4O3/c24-15-1-2-16-18(7-15)25-11-19(26-16)27-17-3-4-28(22(29)30)21(17)20-13-5-12-6-14(20)10-23(31,8-12)9-13/h1-2,7,11-14,17,20-21,31H,3-6,8-10H2,(H,26,27)(H,29,30)/t12?,13-,14+,17?,20?,21?,23?. The lowest BCUT2D eigenvalue weighted by atomic mass is 9.48. The summed E-state index contributed by atoms with van der Waals surface area (Å²) in [5.74, 6) is 2.35. The molecule has 8 heteroatoms. The van der Waals surface area contributed by atoms with Crippen LogP contribution in [0.5, 0.6) is 0 Å². The number of nitrogens with zero attached hydrogens (tertiary/aromatic N) is 3. The molecule has 5 aliphatic rings. The molecule has 164 valence electrons. The van der Waals surface area contributed by atoms with Gasteiger partial charge in [0, 0.05) is 11.6 Å². The molecule has 0 radical (unpaired) electrons. The van der Waals surface area contributed by atoms with Gasteiger partial charge in [0.05, 0.1) is 34.9 Å². The van der Waals surface area contributed by atoms with E-state index in [1.807, 2.05) is 6.07 Å². The number of hydrogen-bond acceptors (Lipinski definition) is 5. The Morgan fingerprint density at radius 3 is 2.68 bits per heavy atom. The molecule has 5 fully saturated rings. The monoisotopic (exact) mass is 442 g/mol. The van der Waals surface area contributed by atoms with Crippen molar-refractivity contribution in [3.05, 3.63) is 29.4 Å². The van der Waals surface area contributed by atoms with E-state index in [-0.39, 0.29) is 12.1 Å². The summed E-state index contributed by atoms with van der Waals surface area (Å²) in [5, 5.41) is 25.1. The molecule has 2 heterocycles. The first-order valence-electron chi connectivity index (χ1n) is 11.3. The van der Waals surface area contributed by atoms with Crippen molar-refractivity contribution in [3.8, 4) is 0 Å². The van der Waals surface area contributed by atoms with Crippen molar-refractivity contribution < 1.29 is 15.0 Å². The van der Waals surface area contributed by atoms with Crippen molar-refractivity contribution in [2.45, 2.75) is 56.2 Å². The van der Waals surface area contributed by atoms with Crippen LogP contribution in [0.15, 0.2) is 24.4 Å². The number of carboxylic acid groups (broad SMARTS) is 1. The molecule has 2 aromatic rings. The Hall–Kier alpha value is -2.12. The van der Waals surface area contributed by atoms with Crippen LogP contribution in [0.3, 0.4) is 0 Å². The van der Waals surface area contributed by atoms with Crippen LogP contribution < -0.4 is 5.32 Å². The van der Waals surface area contributed by atoms with E-state index in [0.717, 1.165) is 49.6 Å². The first kappa shape index (κ1) is 19.6. The Labute approximate surface area is 185 Å². The second-order valence-electron chi connectivity index (χ2n) is 10.2. The predicted molar refractivity (Wildman–Crippen MR) is 117 cm³/mol. The number of benzene rings is 1. The molecule has 4 saturated carbocycles. The summed E-state index contributed by atoms with van der Waals surface area (Å²) in [6.45, 7) is 0.526. The zero-order valence-electron chi connectivity index (χ0n) is 17.2. The summed E-state index contributed by atoms with van der Waals surface area (Å²) < 4.78 is 0. The Kier molecular flexibility index (Phi) is 4.38. The maximum atomic E-state index is 12.1. The van der Waals surface area contributed by atoms with Crippen molar-refractivity contribution in [2.24, 2.45) is 23.7 Å². The first-order chi connectivity index (χ1) is 14.9. The smallest absolute Gasteiger partial charge is 0.407 e. The van der Waals surface area contributed by atoms with Crippen LogP contribution in [0, 0.1) is 23.7 Å². The summed E-state index contributed by atoms with van der Waals surface area (Å²) in [7, 11) is 0. The highest BCUT2D eigenvalue weighted by Crippen LogP contribution is 2.60. The van der Waals surface area contributed by atoms with Gasteiger partial charge in [0.15, 0.2) is 0 Å². The number of halogens is 1. The number of aliphatic hydroxyl groups is 1. The SMILES string of the molecule is O=C(O)N1CCC(Nc2cnc3cc(Cl)ccc3n2)C1C1[C@@H]2CC3C[C@H]1CC(O)(C3)C2. The Bertz CT molecular complexity index is 1030. The fourth-order valence-electron chi connectivity index (χ4n) is 7.49. The summed E-state index contributed by atoms with van der Waals surface area (Å²) >= 11 is 6.05. The first-order valence-corrected chi connectivity index (χ1v) is 11.7. The number of anilines is 1. The van der Waals surface area contributed by atoms with Crippen LogP contribution in [0.1, 0.15) is 38.5 Å². The van der Waals surface area contributed by atoms with Gasteiger partial charge in [0.25, 0.3) is 0 Å². The molecule has 3 N–H and O–H groups in total. The topological polar surface area (TPSA) is 98.6 Å². The molecule has 5 unspecified atom stereocenters. The number of hydrogen-bond donors (Lipinski definition) is 3. The van der Waals surface area contributed by atoms with E-state index in [2.05, 4.69) is 10.3 Å². The van der Waals surface area contributed by atoms with Gasteiger partial charge in [-0.25, -0.2) is 9.78 Å². The quantitative estimate of drug-likeness (QED) is 0.664. The fourth-order valence-corrected chi connectivity index (χ4v) is 7.66. The van der Waals surface area contributed by atoms with Gasteiger partial charge in [-0.2, -0.15) is 0 Å². The number of nitrogens with one attached hydrogen (secondary N) is 1. The number of fused-ring (bicyclic) bond motifs is 1. The molecule has 7 nitrogen and oxygen atoms in total. The third kappa shape index (κ3) is 3.24. The minimum absolute atomic E-state index is 0.00711. The van der Waals surface area contributed by atoms with Crippen LogP contribution in [0.25, 0.3) is 11.0 Å². The minimum atomic E-state index is -0.846. The molecule has 1 aromatic heterocycles. The van der Waals surface area contributed by atoms with Crippen LogP contribution in [0.4, 0.5) is 10.6 Å². The van der Waals surface area contributed by atoms with E-state index in [0.29, 0.717) is 41.1 Å². The Balaban J connectivity index is 1.30. The van der Waals surface area contributed by atoms with E-state index in [4.69, 9.17) is 16.6 Å². The van der Waals surface area contributed by atoms with Gasteiger partial charge in [-0.15, -0.1) is 0 Å². The summed E-state index contributed by atoms with van der Waals surface area (Å²) in [6.07, 6.45) is 6.42. The molecular weight excluding hydrogens is 416 g/mol. The van der Waals surface area contributed by atoms with Crippen LogP contribution in [0.2, 0.25) is 5.02 Å². The summed E-state index contributed by atoms with van der Waals surface area (Å²) in [5.41, 5.74) is 0.978. The lowest BCUT2D eigenvalue weighted by Gasteiger charge is -2.60. The number of likely N-dealkylation sites (tertiary alicyclic amines) is 1. The third-order valence-electron chi connectivity index (χ3n) is 8.24. The molecule has 31 heavy (non-hydrogen) atoms.